The SMILES string of the molecule is CS(=O)(=O)N1CCc2c(c(-c3ccc(C(F)(F)F)c(C(N)=O)c3)nn2CCCN2CCC(N3CCCC3=O)CC2)C1. The summed E-state index contributed by atoms with van der Waals surface area (Å²) in [6.45, 7) is 4.36. The Morgan fingerprint density at radius 1 is 1.10 bits per heavy atom. The Bertz CT molecular complexity index is 1430. The average Bonchev–Trinajstić information content (AvgIpc) is 3.51. The zero-order chi connectivity index (χ0) is 29.5. The topological polar surface area (TPSA) is 122 Å². The van der Waals surface area contributed by atoms with Crippen LogP contribution in [0.5, 0.6) is 0 Å². The first-order valence-electron chi connectivity index (χ1n) is 13.9. The molecule has 5 rings (SSSR count). The zero-order valence-corrected chi connectivity index (χ0v) is 23.8. The number of aromatic nitrogens is 2. The van der Waals surface area contributed by atoms with Gasteiger partial charge in [0.2, 0.25) is 21.8 Å². The summed E-state index contributed by atoms with van der Waals surface area (Å²) >= 11 is 0. The number of hydrogen-bond acceptors (Lipinski definition) is 6. The highest BCUT2D eigenvalue weighted by Gasteiger charge is 2.36. The predicted molar refractivity (Wildman–Crippen MR) is 145 cm³/mol. The molecule has 0 unspecified atom stereocenters. The van der Waals surface area contributed by atoms with E-state index in [4.69, 9.17) is 10.8 Å². The number of nitrogens with two attached hydrogens (primary N) is 1. The van der Waals surface area contributed by atoms with E-state index >= 15 is 0 Å². The molecule has 0 bridgehead atoms. The minimum atomic E-state index is -4.76. The average molecular weight is 597 g/mol. The van der Waals surface area contributed by atoms with Crippen molar-refractivity contribution in [3.05, 3.63) is 40.6 Å². The Hall–Kier alpha value is -2.97. The van der Waals surface area contributed by atoms with E-state index in [1.807, 2.05) is 9.58 Å². The third-order valence-corrected chi connectivity index (χ3v) is 9.63. The number of carbonyl (C=O) groups is 2. The quantitative estimate of drug-likeness (QED) is 0.500. The summed E-state index contributed by atoms with van der Waals surface area (Å²) in [5, 5.41) is 4.73. The molecule has 2 N–H and O–H groups in total. The first-order valence-corrected chi connectivity index (χ1v) is 15.7. The lowest BCUT2D eigenvalue weighted by Crippen LogP contribution is -2.45. The molecule has 0 spiro atoms. The monoisotopic (exact) mass is 596 g/mol. The maximum absolute atomic E-state index is 13.5. The van der Waals surface area contributed by atoms with Crippen LogP contribution in [0.3, 0.4) is 0 Å². The van der Waals surface area contributed by atoms with Gasteiger partial charge in [0.05, 0.1) is 23.1 Å². The van der Waals surface area contributed by atoms with Crippen molar-refractivity contribution in [3.63, 3.8) is 0 Å². The number of sulfonamides is 1. The molecule has 0 radical (unpaired) electrons. The van der Waals surface area contributed by atoms with Crippen LogP contribution in [0.15, 0.2) is 18.2 Å². The van der Waals surface area contributed by atoms with Crippen molar-refractivity contribution in [2.75, 3.05) is 39.0 Å². The van der Waals surface area contributed by atoms with E-state index in [1.54, 1.807) is 0 Å². The van der Waals surface area contributed by atoms with Gasteiger partial charge in [0.1, 0.15) is 0 Å². The number of nitrogens with zero attached hydrogens (tertiary/aromatic N) is 5. The standard InChI is InChI=1S/C27H35F3N6O4S/c1-41(39,40)34-15-9-23-21(17-34)25(18-5-6-22(27(28,29)30)20(16-18)26(31)38)32-36(23)12-3-10-33-13-7-19(8-14-33)35-11-2-4-24(35)37/h5-6,16,19H,2-4,7-15,17H2,1H3,(H2,31,38). The minimum absolute atomic E-state index is 0.0408. The van der Waals surface area contributed by atoms with Crippen molar-refractivity contribution in [2.24, 2.45) is 5.73 Å². The second-order valence-electron chi connectivity index (χ2n) is 11.1. The van der Waals surface area contributed by atoms with Gasteiger partial charge in [-0.1, -0.05) is 6.07 Å². The van der Waals surface area contributed by atoms with Gasteiger partial charge in [-0.3, -0.25) is 14.3 Å². The highest BCUT2D eigenvalue weighted by molar-refractivity contribution is 7.88. The molecule has 224 valence electrons. The smallest absolute Gasteiger partial charge is 0.366 e. The second kappa shape index (κ2) is 11.4. The summed E-state index contributed by atoms with van der Waals surface area (Å²) in [7, 11) is -3.51. The number of likely N-dealkylation sites (tertiary alicyclic amines) is 2. The molecule has 2 amide bonds. The first kappa shape index (κ1) is 29.5. The molecule has 0 atom stereocenters. The lowest BCUT2D eigenvalue weighted by Gasteiger charge is -2.36. The number of carbonyl (C=O) groups excluding carboxylic acids is 2. The minimum Gasteiger partial charge on any atom is -0.366 e. The fraction of sp³-hybridized carbons (Fsp3) is 0.593. The predicted octanol–water partition coefficient (Wildman–Crippen LogP) is 2.46. The van der Waals surface area contributed by atoms with Crippen LogP contribution in [0.25, 0.3) is 11.3 Å². The maximum Gasteiger partial charge on any atom is 0.417 e. The fourth-order valence-corrected chi connectivity index (χ4v) is 7.05. The Kier molecular flexibility index (Phi) is 8.18. The number of aryl methyl sites for hydroxylation is 1. The number of hydrogen-bond donors (Lipinski definition) is 1. The van der Waals surface area contributed by atoms with Crippen LogP contribution in [-0.2, 0) is 40.5 Å². The van der Waals surface area contributed by atoms with Crippen molar-refractivity contribution in [1.29, 1.82) is 0 Å². The Morgan fingerprint density at radius 2 is 1.83 bits per heavy atom. The number of alkyl halides is 3. The van der Waals surface area contributed by atoms with Gasteiger partial charge in [0, 0.05) is 75.0 Å². The normalized spacial score (nSPS) is 19.6. The van der Waals surface area contributed by atoms with Crippen molar-refractivity contribution in [2.45, 2.75) is 63.8 Å². The van der Waals surface area contributed by atoms with E-state index in [0.29, 0.717) is 36.7 Å². The van der Waals surface area contributed by atoms with E-state index in [9.17, 15) is 31.2 Å². The van der Waals surface area contributed by atoms with Crippen molar-refractivity contribution < 1.29 is 31.2 Å². The molecular formula is C27H35F3N6O4S. The van der Waals surface area contributed by atoms with Crippen LogP contribution in [0, 0.1) is 0 Å². The van der Waals surface area contributed by atoms with E-state index in [1.165, 1.54) is 10.4 Å². The number of halogens is 3. The zero-order valence-electron chi connectivity index (χ0n) is 23.0. The largest absolute Gasteiger partial charge is 0.417 e. The van der Waals surface area contributed by atoms with Crippen LogP contribution in [0.4, 0.5) is 13.2 Å². The number of fused-ring (bicyclic) bond motifs is 1. The summed E-state index contributed by atoms with van der Waals surface area (Å²) in [6.07, 6.45) is 1.03. The van der Waals surface area contributed by atoms with Crippen molar-refractivity contribution in [1.82, 2.24) is 23.9 Å². The molecule has 3 aliphatic heterocycles. The van der Waals surface area contributed by atoms with Crippen LogP contribution in [-0.4, -0.2) is 89.1 Å². The number of piperidine rings is 1. The van der Waals surface area contributed by atoms with Gasteiger partial charge in [0.25, 0.3) is 0 Å². The molecule has 0 aliphatic carbocycles. The molecule has 0 saturated carbocycles. The number of benzene rings is 1. The molecule has 3 aliphatic rings. The fourth-order valence-electron chi connectivity index (χ4n) is 6.26. The van der Waals surface area contributed by atoms with Gasteiger partial charge in [-0.2, -0.15) is 22.6 Å². The van der Waals surface area contributed by atoms with Crippen LogP contribution >= 0.6 is 0 Å². The number of primary amides is 1. The lowest BCUT2D eigenvalue weighted by molar-refractivity contribution is -0.138. The van der Waals surface area contributed by atoms with Gasteiger partial charge in [-0.25, -0.2) is 8.42 Å². The molecule has 4 heterocycles. The summed E-state index contributed by atoms with van der Waals surface area (Å²) in [6, 6.07) is 3.47. The molecule has 14 heteroatoms. The van der Waals surface area contributed by atoms with E-state index < -0.39 is 33.2 Å². The third kappa shape index (κ3) is 6.28. The maximum atomic E-state index is 13.5. The molecule has 1 aromatic carbocycles. The molecule has 41 heavy (non-hydrogen) atoms. The van der Waals surface area contributed by atoms with Gasteiger partial charge in [0.15, 0.2) is 0 Å². The summed E-state index contributed by atoms with van der Waals surface area (Å²) in [5.74, 6) is -0.948. The molecule has 2 aromatic rings. The second-order valence-corrected chi connectivity index (χ2v) is 13.1. The van der Waals surface area contributed by atoms with Crippen LogP contribution < -0.4 is 5.73 Å². The number of rotatable bonds is 8. The summed E-state index contributed by atoms with van der Waals surface area (Å²) < 4.78 is 68.2. The molecular weight excluding hydrogens is 561 g/mol. The van der Waals surface area contributed by atoms with E-state index in [-0.39, 0.29) is 24.6 Å². The Labute approximate surface area is 237 Å². The van der Waals surface area contributed by atoms with Crippen LogP contribution in [0.2, 0.25) is 0 Å². The lowest BCUT2D eigenvalue weighted by atomic mass is 9.97. The molecule has 2 fully saturated rings. The first-order chi connectivity index (χ1) is 19.3. The van der Waals surface area contributed by atoms with Crippen molar-refractivity contribution in [3.8, 4) is 11.3 Å². The van der Waals surface area contributed by atoms with E-state index in [0.717, 1.165) is 75.9 Å². The van der Waals surface area contributed by atoms with Gasteiger partial charge in [-0.05, 0) is 44.4 Å². The third-order valence-electron chi connectivity index (χ3n) is 8.38. The number of amides is 2. The Morgan fingerprint density at radius 3 is 2.44 bits per heavy atom. The summed E-state index contributed by atoms with van der Waals surface area (Å²) in [4.78, 5) is 28.4. The highest BCUT2D eigenvalue weighted by atomic mass is 32.2. The highest BCUT2D eigenvalue weighted by Crippen LogP contribution is 2.36. The van der Waals surface area contributed by atoms with E-state index in [2.05, 4.69) is 4.90 Å². The van der Waals surface area contributed by atoms with Gasteiger partial charge in [-0.15, -0.1) is 0 Å². The molecule has 2 saturated heterocycles. The van der Waals surface area contributed by atoms with Gasteiger partial charge >= 0.3 is 6.18 Å². The van der Waals surface area contributed by atoms with Crippen molar-refractivity contribution >= 4 is 21.8 Å². The summed E-state index contributed by atoms with van der Waals surface area (Å²) in [5.41, 5.74) is 5.58. The Balaban J connectivity index is 1.34. The molecule has 1 aromatic heterocycles. The van der Waals surface area contributed by atoms with Gasteiger partial charge < -0.3 is 15.5 Å². The van der Waals surface area contributed by atoms with Crippen LogP contribution in [0.1, 0.15) is 59.3 Å². The molecule has 10 nitrogen and oxygen atoms in total.